The van der Waals surface area contributed by atoms with Crippen molar-refractivity contribution in [3.8, 4) is 11.5 Å². The van der Waals surface area contributed by atoms with Crippen molar-refractivity contribution in [1.82, 2.24) is 4.98 Å². The molecule has 2 N–H and O–H groups in total. The summed E-state index contributed by atoms with van der Waals surface area (Å²) >= 11 is 6.09. The number of methoxy groups -OCH3 is 2. The normalized spacial score (nSPS) is 10.3. The van der Waals surface area contributed by atoms with Crippen molar-refractivity contribution in [2.45, 2.75) is 6.92 Å². The summed E-state index contributed by atoms with van der Waals surface area (Å²) in [6.07, 6.45) is 1.51. The first-order valence-electron chi connectivity index (χ1n) is 8.53. The highest BCUT2D eigenvalue weighted by Crippen LogP contribution is 2.31. The molecule has 28 heavy (non-hydrogen) atoms. The number of nitrogens with one attached hydrogen (secondary N) is 2. The Balaban J connectivity index is 1.73. The van der Waals surface area contributed by atoms with Crippen molar-refractivity contribution in [1.29, 1.82) is 0 Å². The zero-order valence-electron chi connectivity index (χ0n) is 15.7. The van der Waals surface area contributed by atoms with Crippen LogP contribution >= 0.6 is 11.6 Å². The standard InChI is InChI=1S/C21H20ClN3O3/c1-13-16(22)5-4-6-17(13)25-21(26)14-7-10-20(23-12-14)24-18-9-8-15(27-2)11-19(18)28-3/h4-12H,1-3H3,(H,23,24)(H,25,26). The van der Waals surface area contributed by atoms with Crippen molar-refractivity contribution >= 4 is 34.7 Å². The minimum atomic E-state index is -0.258. The minimum absolute atomic E-state index is 0.258. The molecule has 3 rings (SSSR count). The Bertz CT molecular complexity index is 991. The van der Waals surface area contributed by atoms with Crippen LogP contribution in [0.3, 0.4) is 0 Å². The maximum Gasteiger partial charge on any atom is 0.257 e. The second-order valence-electron chi connectivity index (χ2n) is 5.99. The predicted octanol–water partition coefficient (Wildman–Crippen LogP) is 5.06. The quantitative estimate of drug-likeness (QED) is 0.608. The molecule has 0 atom stereocenters. The molecule has 6 nitrogen and oxygen atoms in total. The Morgan fingerprint density at radius 3 is 2.54 bits per heavy atom. The van der Waals surface area contributed by atoms with Gasteiger partial charge in [-0.2, -0.15) is 0 Å². The maximum atomic E-state index is 12.5. The zero-order valence-corrected chi connectivity index (χ0v) is 16.5. The third-order valence-electron chi connectivity index (χ3n) is 4.21. The lowest BCUT2D eigenvalue weighted by molar-refractivity contribution is 0.102. The van der Waals surface area contributed by atoms with E-state index >= 15 is 0 Å². The van der Waals surface area contributed by atoms with Crippen LogP contribution in [-0.2, 0) is 0 Å². The molecule has 0 saturated heterocycles. The lowest BCUT2D eigenvalue weighted by Gasteiger charge is -2.12. The van der Waals surface area contributed by atoms with E-state index < -0.39 is 0 Å². The second kappa shape index (κ2) is 8.63. The van der Waals surface area contributed by atoms with Gasteiger partial charge in [-0.15, -0.1) is 0 Å². The molecular formula is C21H20ClN3O3. The van der Waals surface area contributed by atoms with Gasteiger partial charge >= 0.3 is 0 Å². The van der Waals surface area contributed by atoms with E-state index in [-0.39, 0.29) is 5.91 Å². The Hall–Kier alpha value is -3.25. The number of benzene rings is 2. The third-order valence-corrected chi connectivity index (χ3v) is 4.62. The number of aromatic nitrogens is 1. The summed E-state index contributed by atoms with van der Waals surface area (Å²) in [7, 11) is 3.18. The number of rotatable bonds is 6. The highest BCUT2D eigenvalue weighted by molar-refractivity contribution is 6.31. The molecule has 3 aromatic rings. The van der Waals surface area contributed by atoms with Gasteiger partial charge in [0.05, 0.1) is 25.5 Å². The SMILES string of the molecule is COc1ccc(Nc2ccc(C(=O)Nc3cccc(Cl)c3C)cn2)c(OC)c1. The molecule has 144 valence electrons. The lowest BCUT2D eigenvalue weighted by atomic mass is 10.2. The van der Waals surface area contributed by atoms with Gasteiger partial charge in [-0.3, -0.25) is 4.79 Å². The fourth-order valence-electron chi connectivity index (χ4n) is 2.58. The van der Waals surface area contributed by atoms with E-state index in [4.69, 9.17) is 21.1 Å². The van der Waals surface area contributed by atoms with Gasteiger partial charge in [0, 0.05) is 23.0 Å². The predicted molar refractivity (Wildman–Crippen MR) is 111 cm³/mol. The molecule has 0 radical (unpaired) electrons. The number of hydrogen-bond donors (Lipinski definition) is 2. The number of hydrogen-bond acceptors (Lipinski definition) is 5. The number of pyridine rings is 1. The Morgan fingerprint density at radius 1 is 1.04 bits per heavy atom. The van der Waals surface area contributed by atoms with E-state index in [9.17, 15) is 4.79 Å². The van der Waals surface area contributed by atoms with E-state index in [1.165, 1.54) is 6.20 Å². The van der Waals surface area contributed by atoms with Crippen molar-refractivity contribution < 1.29 is 14.3 Å². The molecule has 0 aliphatic carbocycles. The summed E-state index contributed by atoms with van der Waals surface area (Å²) < 4.78 is 10.6. The summed E-state index contributed by atoms with van der Waals surface area (Å²) in [5.41, 5.74) is 2.66. The number of carbonyl (C=O) groups is 1. The number of nitrogens with zero attached hydrogens (tertiary/aromatic N) is 1. The number of amides is 1. The monoisotopic (exact) mass is 397 g/mol. The van der Waals surface area contributed by atoms with E-state index in [2.05, 4.69) is 15.6 Å². The lowest BCUT2D eigenvalue weighted by Crippen LogP contribution is -2.13. The Morgan fingerprint density at radius 2 is 1.86 bits per heavy atom. The fourth-order valence-corrected chi connectivity index (χ4v) is 2.75. The number of carbonyl (C=O) groups excluding carboxylic acids is 1. The van der Waals surface area contributed by atoms with E-state index in [1.54, 1.807) is 50.6 Å². The number of ether oxygens (including phenoxy) is 2. The van der Waals surface area contributed by atoms with Gasteiger partial charge in [0.2, 0.25) is 0 Å². The largest absolute Gasteiger partial charge is 0.497 e. The van der Waals surface area contributed by atoms with Crippen LogP contribution in [0.15, 0.2) is 54.7 Å². The van der Waals surface area contributed by atoms with Gasteiger partial charge in [-0.25, -0.2) is 4.98 Å². The Kier molecular flexibility index (Phi) is 6.01. The van der Waals surface area contributed by atoms with Crippen LogP contribution in [0.25, 0.3) is 0 Å². The second-order valence-corrected chi connectivity index (χ2v) is 6.40. The first-order chi connectivity index (χ1) is 13.5. The van der Waals surface area contributed by atoms with E-state index in [1.807, 2.05) is 19.1 Å². The van der Waals surface area contributed by atoms with Gasteiger partial charge < -0.3 is 20.1 Å². The fraction of sp³-hybridized carbons (Fsp3) is 0.143. The van der Waals surface area contributed by atoms with Crippen molar-refractivity contribution in [3.05, 3.63) is 70.9 Å². The highest BCUT2D eigenvalue weighted by Gasteiger charge is 2.11. The first kappa shape index (κ1) is 19.5. The van der Waals surface area contributed by atoms with E-state index in [0.717, 1.165) is 11.3 Å². The average Bonchev–Trinajstić information content (AvgIpc) is 2.72. The molecule has 0 saturated carbocycles. The third kappa shape index (κ3) is 4.35. The summed E-state index contributed by atoms with van der Waals surface area (Å²) in [6, 6.07) is 14.2. The average molecular weight is 398 g/mol. The molecular weight excluding hydrogens is 378 g/mol. The van der Waals surface area contributed by atoms with Gasteiger partial charge in [-0.05, 0) is 48.9 Å². The summed E-state index contributed by atoms with van der Waals surface area (Å²) in [4.78, 5) is 16.8. The van der Waals surface area contributed by atoms with Crippen LogP contribution in [0.4, 0.5) is 17.2 Å². The van der Waals surface area contributed by atoms with Gasteiger partial charge in [0.15, 0.2) is 0 Å². The minimum Gasteiger partial charge on any atom is -0.497 e. The van der Waals surface area contributed by atoms with Crippen LogP contribution in [0.2, 0.25) is 5.02 Å². The summed E-state index contributed by atoms with van der Waals surface area (Å²) in [5, 5.41) is 6.62. The van der Waals surface area contributed by atoms with Crippen molar-refractivity contribution in [2.24, 2.45) is 0 Å². The zero-order chi connectivity index (χ0) is 20.1. The smallest absolute Gasteiger partial charge is 0.257 e. The molecule has 0 aliphatic rings. The molecule has 2 aromatic carbocycles. The number of anilines is 3. The van der Waals surface area contributed by atoms with Crippen LogP contribution < -0.4 is 20.1 Å². The molecule has 1 heterocycles. The molecule has 0 unspecified atom stereocenters. The summed E-state index contributed by atoms with van der Waals surface area (Å²) in [6.45, 7) is 1.85. The van der Waals surface area contributed by atoms with Crippen LogP contribution in [0.5, 0.6) is 11.5 Å². The van der Waals surface area contributed by atoms with Gasteiger partial charge in [-0.1, -0.05) is 17.7 Å². The molecule has 7 heteroatoms. The van der Waals surface area contributed by atoms with Crippen LogP contribution in [-0.4, -0.2) is 25.1 Å². The molecule has 1 aromatic heterocycles. The maximum absolute atomic E-state index is 12.5. The van der Waals surface area contributed by atoms with Crippen molar-refractivity contribution in [2.75, 3.05) is 24.9 Å². The first-order valence-corrected chi connectivity index (χ1v) is 8.91. The molecule has 0 bridgehead atoms. The molecule has 0 aliphatic heterocycles. The van der Waals surface area contributed by atoms with Crippen LogP contribution in [0, 0.1) is 6.92 Å². The number of halogens is 1. The molecule has 0 spiro atoms. The molecule has 0 fully saturated rings. The highest BCUT2D eigenvalue weighted by atomic mass is 35.5. The Labute approximate surface area is 168 Å². The topological polar surface area (TPSA) is 72.5 Å². The van der Waals surface area contributed by atoms with E-state index in [0.29, 0.717) is 33.6 Å². The van der Waals surface area contributed by atoms with Gasteiger partial charge in [0.1, 0.15) is 17.3 Å². The summed E-state index contributed by atoms with van der Waals surface area (Å²) in [5.74, 6) is 1.64. The van der Waals surface area contributed by atoms with Gasteiger partial charge in [0.25, 0.3) is 5.91 Å². The molecule has 1 amide bonds. The van der Waals surface area contributed by atoms with Crippen molar-refractivity contribution in [3.63, 3.8) is 0 Å². The van der Waals surface area contributed by atoms with Crippen LogP contribution in [0.1, 0.15) is 15.9 Å².